The summed E-state index contributed by atoms with van der Waals surface area (Å²) < 4.78 is 14.2. The molecule has 0 saturated heterocycles. The Morgan fingerprint density at radius 2 is 1.83 bits per heavy atom. The molecule has 0 aliphatic heterocycles. The van der Waals surface area contributed by atoms with Crippen molar-refractivity contribution in [1.82, 2.24) is 19.5 Å². The first-order valence-electron chi connectivity index (χ1n) is 9.46. The van der Waals surface area contributed by atoms with Gasteiger partial charge in [0.15, 0.2) is 5.65 Å². The fourth-order valence-corrected chi connectivity index (χ4v) is 3.30. The van der Waals surface area contributed by atoms with Gasteiger partial charge in [-0.05, 0) is 55.7 Å². The summed E-state index contributed by atoms with van der Waals surface area (Å²) in [6.07, 6.45) is 1.39. The van der Waals surface area contributed by atoms with Gasteiger partial charge in [0.05, 0.1) is 11.7 Å². The minimum absolute atomic E-state index is 0.148. The molecule has 0 spiro atoms. The second-order valence-electron chi connectivity index (χ2n) is 7.16. The van der Waals surface area contributed by atoms with Crippen LogP contribution in [0.1, 0.15) is 29.7 Å². The predicted molar refractivity (Wildman–Crippen MR) is 114 cm³/mol. The number of anilines is 1. The highest BCUT2D eigenvalue weighted by Gasteiger charge is 2.15. The van der Waals surface area contributed by atoms with Crippen molar-refractivity contribution in [2.24, 2.45) is 0 Å². The lowest BCUT2D eigenvalue weighted by atomic mass is 10.1. The molecule has 0 amide bonds. The largest absolute Gasteiger partial charge is 0.348 e. The Balaban J connectivity index is 1.74. The molecule has 0 radical (unpaired) electrons. The minimum Gasteiger partial charge on any atom is -0.348 e. The lowest BCUT2D eigenvalue weighted by Crippen LogP contribution is -2.34. The van der Waals surface area contributed by atoms with Gasteiger partial charge in [-0.15, -0.1) is 0 Å². The first kappa shape index (κ1) is 19.5. The molecule has 0 aliphatic rings. The van der Waals surface area contributed by atoms with Crippen LogP contribution in [0.2, 0.25) is 0 Å². The lowest BCUT2D eigenvalue weighted by molar-refractivity contribution is 0.626. The van der Waals surface area contributed by atoms with E-state index >= 15 is 0 Å². The zero-order chi connectivity index (χ0) is 21.4. The van der Waals surface area contributed by atoms with Crippen LogP contribution in [-0.2, 0) is 0 Å². The van der Waals surface area contributed by atoms with Gasteiger partial charge in [0.2, 0.25) is 5.95 Å². The minimum atomic E-state index is -0.572. The molecule has 0 bridgehead atoms. The van der Waals surface area contributed by atoms with Crippen LogP contribution in [0.3, 0.4) is 0 Å². The SMILES string of the molecule is Cc1cccc(-n2c(=O)[nH]c3nc(NC(C)c4ccc(F)cc4)ncc3c2=O)c1C. The van der Waals surface area contributed by atoms with E-state index in [0.29, 0.717) is 5.69 Å². The van der Waals surface area contributed by atoms with E-state index in [-0.39, 0.29) is 28.8 Å². The highest BCUT2D eigenvalue weighted by molar-refractivity contribution is 5.73. The van der Waals surface area contributed by atoms with Crippen LogP contribution >= 0.6 is 0 Å². The van der Waals surface area contributed by atoms with Crippen molar-refractivity contribution in [3.63, 3.8) is 0 Å². The molecule has 0 aliphatic carbocycles. The number of H-pyrrole nitrogens is 1. The van der Waals surface area contributed by atoms with Crippen LogP contribution in [-0.4, -0.2) is 19.5 Å². The fraction of sp³-hybridized carbons (Fsp3) is 0.182. The van der Waals surface area contributed by atoms with E-state index in [2.05, 4.69) is 20.3 Å². The number of aryl methyl sites for hydroxylation is 1. The third kappa shape index (κ3) is 3.47. The van der Waals surface area contributed by atoms with E-state index in [1.165, 1.54) is 18.3 Å². The monoisotopic (exact) mass is 405 g/mol. The van der Waals surface area contributed by atoms with Gasteiger partial charge in [0.25, 0.3) is 5.56 Å². The van der Waals surface area contributed by atoms with Gasteiger partial charge in [-0.25, -0.2) is 18.7 Å². The van der Waals surface area contributed by atoms with Gasteiger partial charge < -0.3 is 5.32 Å². The molecule has 152 valence electrons. The predicted octanol–water partition coefficient (Wildman–Crippen LogP) is 3.40. The molecule has 1 unspecified atom stereocenters. The van der Waals surface area contributed by atoms with Gasteiger partial charge in [0.1, 0.15) is 11.2 Å². The Morgan fingerprint density at radius 3 is 2.57 bits per heavy atom. The Hall–Kier alpha value is -3.81. The highest BCUT2D eigenvalue weighted by atomic mass is 19.1. The summed E-state index contributed by atoms with van der Waals surface area (Å²) in [5, 5.41) is 3.30. The topological polar surface area (TPSA) is 92.7 Å². The number of benzene rings is 2. The van der Waals surface area contributed by atoms with Crippen molar-refractivity contribution in [2.45, 2.75) is 26.8 Å². The Labute approximate surface area is 171 Å². The third-order valence-electron chi connectivity index (χ3n) is 5.18. The average Bonchev–Trinajstić information content (AvgIpc) is 2.71. The number of aromatic nitrogens is 4. The van der Waals surface area contributed by atoms with Crippen molar-refractivity contribution in [3.05, 3.63) is 92.0 Å². The zero-order valence-electron chi connectivity index (χ0n) is 16.7. The standard InChI is InChI=1S/C22H20FN5O2/c1-12-5-4-6-18(13(12)2)28-20(29)17-11-24-21(26-19(17)27-22(28)30)25-14(3)15-7-9-16(23)10-8-15/h4-11,14H,1-3H3,(H2,24,25,26,27,30). The molecule has 30 heavy (non-hydrogen) atoms. The fourth-order valence-electron chi connectivity index (χ4n) is 3.30. The second-order valence-corrected chi connectivity index (χ2v) is 7.16. The number of aromatic amines is 1. The van der Waals surface area contributed by atoms with E-state index in [9.17, 15) is 14.0 Å². The number of rotatable bonds is 4. The van der Waals surface area contributed by atoms with Crippen molar-refractivity contribution >= 4 is 17.0 Å². The summed E-state index contributed by atoms with van der Waals surface area (Å²) in [5.74, 6) is -0.0653. The van der Waals surface area contributed by atoms with Crippen molar-refractivity contribution in [1.29, 1.82) is 0 Å². The maximum absolute atomic E-state index is 13.1. The quantitative estimate of drug-likeness (QED) is 0.543. The molecule has 1 atom stereocenters. The smallest absolute Gasteiger partial charge is 0.334 e. The van der Waals surface area contributed by atoms with E-state index in [4.69, 9.17) is 0 Å². The molecule has 0 fully saturated rings. The van der Waals surface area contributed by atoms with Crippen LogP contribution in [0, 0.1) is 19.7 Å². The van der Waals surface area contributed by atoms with Crippen LogP contribution in [0.15, 0.2) is 58.3 Å². The van der Waals surface area contributed by atoms with Crippen molar-refractivity contribution in [3.8, 4) is 5.69 Å². The maximum Gasteiger partial charge on any atom is 0.334 e. The second kappa shape index (κ2) is 7.55. The normalized spacial score (nSPS) is 12.1. The van der Waals surface area contributed by atoms with E-state index in [1.807, 2.05) is 26.8 Å². The van der Waals surface area contributed by atoms with Gasteiger partial charge in [-0.1, -0.05) is 24.3 Å². The molecule has 2 N–H and O–H groups in total. The van der Waals surface area contributed by atoms with Crippen LogP contribution in [0.4, 0.5) is 10.3 Å². The Bertz CT molecular complexity index is 1360. The number of nitrogens with zero attached hydrogens (tertiary/aromatic N) is 3. The summed E-state index contributed by atoms with van der Waals surface area (Å²) in [7, 11) is 0. The van der Waals surface area contributed by atoms with E-state index < -0.39 is 11.2 Å². The first-order chi connectivity index (χ1) is 14.3. The first-order valence-corrected chi connectivity index (χ1v) is 9.46. The molecule has 4 rings (SSSR count). The summed E-state index contributed by atoms with van der Waals surface area (Å²) in [6.45, 7) is 5.66. The van der Waals surface area contributed by atoms with Gasteiger partial charge in [-0.3, -0.25) is 9.78 Å². The van der Waals surface area contributed by atoms with Crippen molar-refractivity contribution in [2.75, 3.05) is 5.32 Å². The molecular weight excluding hydrogens is 385 g/mol. The number of hydrogen-bond acceptors (Lipinski definition) is 5. The van der Waals surface area contributed by atoms with Crippen molar-refractivity contribution < 1.29 is 4.39 Å². The molecule has 4 aromatic rings. The van der Waals surface area contributed by atoms with Crippen LogP contribution < -0.4 is 16.6 Å². The van der Waals surface area contributed by atoms with E-state index in [1.54, 1.807) is 24.3 Å². The molecule has 0 saturated carbocycles. The summed E-state index contributed by atoms with van der Waals surface area (Å²) >= 11 is 0. The van der Waals surface area contributed by atoms with E-state index in [0.717, 1.165) is 21.3 Å². The number of fused-ring (bicyclic) bond motifs is 1. The van der Waals surface area contributed by atoms with Crippen LogP contribution in [0.5, 0.6) is 0 Å². The number of nitrogens with one attached hydrogen (secondary N) is 2. The number of halogens is 1. The summed E-state index contributed by atoms with van der Waals surface area (Å²) in [5.41, 5.74) is 2.28. The summed E-state index contributed by atoms with van der Waals surface area (Å²) in [6, 6.07) is 11.3. The highest BCUT2D eigenvalue weighted by Crippen LogP contribution is 2.18. The molecule has 7 nitrogen and oxygen atoms in total. The zero-order valence-corrected chi connectivity index (χ0v) is 16.7. The van der Waals surface area contributed by atoms with Gasteiger partial charge in [-0.2, -0.15) is 4.98 Å². The molecule has 2 heterocycles. The Kier molecular flexibility index (Phi) is 4.91. The third-order valence-corrected chi connectivity index (χ3v) is 5.18. The Morgan fingerprint density at radius 1 is 1.10 bits per heavy atom. The van der Waals surface area contributed by atoms with Gasteiger partial charge >= 0.3 is 5.69 Å². The summed E-state index contributed by atoms with van der Waals surface area (Å²) in [4.78, 5) is 36.9. The molecule has 2 aromatic carbocycles. The number of hydrogen-bond donors (Lipinski definition) is 2. The van der Waals surface area contributed by atoms with Gasteiger partial charge in [0, 0.05) is 6.20 Å². The van der Waals surface area contributed by atoms with Crippen LogP contribution in [0.25, 0.3) is 16.7 Å². The average molecular weight is 405 g/mol. The molecular formula is C22H20FN5O2. The molecule has 8 heteroatoms. The maximum atomic E-state index is 13.1. The molecule has 2 aromatic heterocycles. The lowest BCUT2D eigenvalue weighted by Gasteiger charge is -2.15.